The SMILES string of the molecule is Cc1ccc(C(c2ccccc2Cl)N2CCC(C(=O)O)CC2)cc1. The number of carbonyl (C=O) groups is 1. The largest absolute Gasteiger partial charge is 0.481 e. The average Bonchev–Trinajstić information content (AvgIpc) is 2.59. The van der Waals surface area contributed by atoms with Gasteiger partial charge in [-0.15, -0.1) is 0 Å². The Hall–Kier alpha value is -1.84. The lowest BCUT2D eigenvalue weighted by Crippen LogP contribution is -2.39. The van der Waals surface area contributed by atoms with Crippen molar-refractivity contribution in [1.82, 2.24) is 4.90 Å². The molecule has 0 saturated carbocycles. The molecule has 3 rings (SSSR count). The average molecular weight is 344 g/mol. The van der Waals surface area contributed by atoms with Gasteiger partial charge in [0.05, 0.1) is 12.0 Å². The molecule has 1 atom stereocenters. The maximum Gasteiger partial charge on any atom is 0.306 e. The summed E-state index contributed by atoms with van der Waals surface area (Å²) >= 11 is 6.48. The topological polar surface area (TPSA) is 40.5 Å². The van der Waals surface area contributed by atoms with Gasteiger partial charge >= 0.3 is 5.97 Å². The highest BCUT2D eigenvalue weighted by Crippen LogP contribution is 2.35. The molecule has 0 spiro atoms. The second-order valence-electron chi connectivity index (χ2n) is 6.48. The zero-order chi connectivity index (χ0) is 17.1. The van der Waals surface area contributed by atoms with Crippen LogP contribution in [-0.4, -0.2) is 29.1 Å². The Bertz CT molecular complexity index is 706. The summed E-state index contributed by atoms with van der Waals surface area (Å²) in [7, 11) is 0. The number of nitrogens with zero attached hydrogens (tertiary/aromatic N) is 1. The van der Waals surface area contributed by atoms with Crippen molar-refractivity contribution in [2.24, 2.45) is 5.92 Å². The summed E-state index contributed by atoms with van der Waals surface area (Å²) < 4.78 is 0. The maximum atomic E-state index is 11.2. The summed E-state index contributed by atoms with van der Waals surface area (Å²) in [6.07, 6.45) is 1.37. The predicted molar refractivity (Wildman–Crippen MR) is 96.4 cm³/mol. The Labute approximate surface area is 147 Å². The van der Waals surface area contributed by atoms with Crippen LogP contribution >= 0.6 is 11.6 Å². The highest BCUT2D eigenvalue weighted by atomic mass is 35.5. The first-order chi connectivity index (χ1) is 11.6. The van der Waals surface area contributed by atoms with Crippen LogP contribution in [0, 0.1) is 12.8 Å². The van der Waals surface area contributed by atoms with Gasteiger partial charge in [-0.2, -0.15) is 0 Å². The van der Waals surface area contributed by atoms with E-state index in [0.717, 1.165) is 23.7 Å². The predicted octanol–water partition coefficient (Wildman–Crippen LogP) is 4.53. The van der Waals surface area contributed by atoms with Crippen molar-refractivity contribution >= 4 is 17.6 Å². The van der Waals surface area contributed by atoms with Crippen LogP contribution in [0.1, 0.15) is 35.6 Å². The van der Waals surface area contributed by atoms with Crippen molar-refractivity contribution in [2.75, 3.05) is 13.1 Å². The van der Waals surface area contributed by atoms with Gasteiger partial charge in [0, 0.05) is 5.02 Å². The molecule has 4 heteroatoms. The van der Waals surface area contributed by atoms with Crippen molar-refractivity contribution in [3.8, 4) is 0 Å². The van der Waals surface area contributed by atoms with Crippen molar-refractivity contribution < 1.29 is 9.90 Å². The first-order valence-electron chi connectivity index (χ1n) is 8.34. The normalized spacial score (nSPS) is 17.6. The highest BCUT2D eigenvalue weighted by molar-refractivity contribution is 6.31. The van der Waals surface area contributed by atoms with Crippen LogP contribution in [0.25, 0.3) is 0 Å². The molecule has 0 aromatic heterocycles. The molecule has 0 radical (unpaired) electrons. The number of halogens is 1. The molecular weight excluding hydrogens is 322 g/mol. The molecular formula is C20H22ClNO2. The fourth-order valence-corrected chi connectivity index (χ4v) is 3.68. The van der Waals surface area contributed by atoms with Crippen LogP contribution in [0.3, 0.4) is 0 Å². The van der Waals surface area contributed by atoms with Gasteiger partial charge in [0.2, 0.25) is 0 Å². The quantitative estimate of drug-likeness (QED) is 0.886. The molecule has 126 valence electrons. The Morgan fingerprint density at radius 1 is 1.12 bits per heavy atom. The van der Waals surface area contributed by atoms with Crippen LogP contribution in [-0.2, 0) is 4.79 Å². The van der Waals surface area contributed by atoms with Crippen LogP contribution < -0.4 is 0 Å². The zero-order valence-corrected chi connectivity index (χ0v) is 14.5. The fourth-order valence-electron chi connectivity index (χ4n) is 3.44. The van der Waals surface area contributed by atoms with Crippen LogP contribution in [0.2, 0.25) is 5.02 Å². The summed E-state index contributed by atoms with van der Waals surface area (Å²) in [6.45, 7) is 3.61. The van der Waals surface area contributed by atoms with E-state index < -0.39 is 5.97 Å². The number of carboxylic acid groups (broad SMARTS) is 1. The molecule has 2 aromatic carbocycles. The number of rotatable bonds is 4. The molecule has 0 aliphatic carbocycles. The number of likely N-dealkylation sites (tertiary alicyclic amines) is 1. The number of aliphatic carboxylic acids is 1. The van der Waals surface area contributed by atoms with Gasteiger partial charge in [-0.25, -0.2) is 0 Å². The van der Waals surface area contributed by atoms with Gasteiger partial charge < -0.3 is 5.11 Å². The first kappa shape index (κ1) is 17.0. The molecule has 1 fully saturated rings. The molecule has 0 bridgehead atoms. The Morgan fingerprint density at radius 3 is 2.33 bits per heavy atom. The van der Waals surface area contributed by atoms with Gasteiger partial charge in [-0.05, 0) is 50.0 Å². The molecule has 1 heterocycles. The third-order valence-corrected chi connectivity index (χ3v) is 5.18. The summed E-state index contributed by atoms with van der Waals surface area (Å²) in [5, 5.41) is 9.99. The summed E-state index contributed by atoms with van der Waals surface area (Å²) in [5.41, 5.74) is 3.50. The molecule has 1 N–H and O–H groups in total. The van der Waals surface area contributed by atoms with Crippen LogP contribution in [0.15, 0.2) is 48.5 Å². The van der Waals surface area contributed by atoms with Crippen molar-refractivity contribution in [3.63, 3.8) is 0 Å². The van der Waals surface area contributed by atoms with E-state index in [2.05, 4.69) is 42.2 Å². The molecule has 3 nitrogen and oxygen atoms in total. The lowest BCUT2D eigenvalue weighted by atomic mass is 9.91. The third kappa shape index (κ3) is 3.63. The minimum Gasteiger partial charge on any atom is -0.481 e. The summed E-state index contributed by atoms with van der Waals surface area (Å²) in [4.78, 5) is 13.6. The van der Waals surface area contributed by atoms with E-state index in [0.29, 0.717) is 12.8 Å². The van der Waals surface area contributed by atoms with Crippen LogP contribution in [0.4, 0.5) is 0 Å². The van der Waals surface area contributed by atoms with Gasteiger partial charge in [0.15, 0.2) is 0 Å². The van der Waals surface area contributed by atoms with Gasteiger partial charge in [0.25, 0.3) is 0 Å². The molecule has 1 unspecified atom stereocenters. The van der Waals surface area contributed by atoms with Crippen molar-refractivity contribution in [3.05, 3.63) is 70.2 Å². The molecule has 1 aliphatic rings. The fraction of sp³-hybridized carbons (Fsp3) is 0.350. The van der Waals surface area contributed by atoms with E-state index in [1.165, 1.54) is 11.1 Å². The Kier molecular flexibility index (Phi) is 5.22. The van der Waals surface area contributed by atoms with E-state index in [1.807, 2.05) is 18.2 Å². The lowest BCUT2D eigenvalue weighted by Gasteiger charge is -2.37. The highest BCUT2D eigenvalue weighted by Gasteiger charge is 2.30. The molecule has 1 aliphatic heterocycles. The van der Waals surface area contributed by atoms with E-state index in [9.17, 15) is 9.90 Å². The van der Waals surface area contributed by atoms with Gasteiger partial charge in [-0.3, -0.25) is 9.69 Å². The minimum absolute atomic E-state index is 0.0639. The standard InChI is InChI=1S/C20H22ClNO2/c1-14-6-8-15(9-7-14)19(17-4-2-3-5-18(17)21)22-12-10-16(11-13-22)20(23)24/h2-9,16,19H,10-13H2,1H3,(H,23,24). The smallest absolute Gasteiger partial charge is 0.306 e. The van der Waals surface area contributed by atoms with Gasteiger partial charge in [-0.1, -0.05) is 59.6 Å². The molecule has 0 amide bonds. The number of carboxylic acids is 1. The molecule has 2 aromatic rings. The van der Waals surface area contributed by atoms with Crippen LogP contribution in [0.5, 0.6) is 0 Å². The summed E-state index contributed by atoms with van der Waals surface area (Å²) in [5.74, 6) is -0.912. The van der Waals surface area contributed by atoms with Crippen molar-refractivity contribution in [1.29, 1.82) is 0 Å². The number of benzene rings is 2. The minimum atomic E-state index is -0.681. The Balaban J connectivity index is 1.93. The lowest BCUT2D eigenvalue weighted by molar-refractivity contribution is -0.143. The van der Waals surface area contributed by atoms with E-state index in [-0.39, 0.29) is 12.0 Å². The number of hydrogen-bond acceptors (Lipinski definition) is 2. The zero-order valence-electron chi connectivity index (χ0n) is 13.8. The third-order valence-electron chi connectivity index (χ3n) is 4.84. The summed E-state index contributed by atoms with van der Waals surface area (Å²) in [6, 6.07) is 16.5. The Morgan fingerprint density at radius 2 is 1.75 bits per heavy atom. The monoisotopic (exact) mass is 343 g/mol. The van der Waals surface area contributed by atoms with E-state index in [1.54, 1.807) is 0 Å². The van der Waals surface area contributed by atoms with Gasteiger partial charge in [0.1, 0.15) is 0 Å². The number of aryl methyl sites for hydroxylation is 1. The number of hydrogen-bond donors (Lipinski definition) is 1. The maximum absolute atomic E-state index is 11.2. The first-order valence-corrected chi connectivity index (χ1v) is 8.72. The molecule has 24 heavy (non-hydrogen) atoms. The number of piperidine rings is 1. The van der Waals surface area contributed by atoms with E-state index >= 15 is 0 Å². The molecule has 1 saturated heterocycles. The second-order valence-corrected chi connectivity index (χ2v) is 6.89. The van der Waals surface area contributed by atoms with Crippen molar-refractivity contribution in [2.45, 2.75) is 25.8 Å². The van der Waals surface area contributed by atoms with E-state index in [4.69, 9.17) is 11.6 Å². The second kappa shape index (κ2) is 7.37.